The van der Waals surface area contributed by atoms with Crippen LogP contribution in [0.5, 0.6) is 0 Å². The molecule has 1 rings (SSSR count). The first-order valence-corrected chi connectivity index (χ1v) is 11.1. The van der Waals surface area contributed by atoms with Gasteiger partial charge in [0.1, 0.15) is 0 Å². The Balaban J connectivity index is 2.86. The number of rotatable bonds is 7. The topological polar surface area (TPSA) is 27.7 Å². The zero-order valence-corrected chi connectivity index (χ0v) is 16.0. The fourth-order valence-corrected chi connectivity index (χ4v) is 5.97. The van der Waals surface area contributed by atoms with Crippen molar-refractivity contribution in [3.8, 4) is 0 Å². The molecule has 130 valence electrons. The first-order valence-electron chi connectivity index (χ1n) is 9.40. The Morgan fingerprint density at radius 1 is 0.727 bits per heavy atom. The highest BCUT2D eigenvalue weighted by Gasteiger charge is 2.44. The Morgan fingerprint density at radius 3 is 1.68 bits per heavy atom. The molecule has 0 radical (unpaired) electrons. The monoisotopic (exact) mass is 328 g/mol. The van der Waals surface area contributed by atoms with Crippen molar-refractivity contribution >= 4 is 8.80 Å². The lowest BCUT2D eigenvalue weighted by Crippen LogP contribution is -2.48. The molecule has 0 aromatic carbocycles. The molecule has 0 spiro atoms. The highest BCUT2D eigenvalue weighted by atomic mass is 28.4. The Hall–Kier alpha value is -0.163. The molecular weight excluding hydrogens is 292 g/mol. The SMILES string of the molecule is CCO[Si](OCC)(OCC)C1=CCCCCCCCCCC1. The van der Waals surface area contributed by atoms with E-state index in [2.05, 4.69) is 6.08 Å². The van der Waals surface area contributed by atoms with Crippen molar-refractivity contribution in [2.45, 2.75) is 85.0 Å². The molecule has 0 saturated carbocycles. The predicted octanol–water partition coefficient (Wildman–Crippen LogP) is 5.42. The quantitative estimate of drug-likeness (QED) is 0.584. The summed E-state index contributed by atoms with van der Waals surface area (Å²) in [5, 5.41) is 1.33. The van der Waals surface area contributed by atoms with Crippen LogP contribution in [0.25, 0.3) is 0 Å². The van der Waals surface area contributed by atoms with Crippen molar-refractivity contribution in [3.05, 3.63) is 11.3 Å². The number of hydrogen-bond acceptors (Lipinski definition) is 3. The van der Waals surface area contributed by atoms with E-state index in [0.717, 1.165) is 12.8 Å². The molecule has 0 heterocycles. The second kappa shape index (κ2) is 12.3. The lowest BCUT2D eigenvalue weighted by molar-refractivity contribution is 0.0795. The van der Waals surface area contributed by atoms with Crippen LogP contribution in [0.3, 0.4) is 0 Å². The van der Waals surface area contributed by atoms with E-state index in [0.29, 0.717) is 19.8 Å². The minimum absolute atomic E-state index is 0.656. The van der Waals surface area contributed by atoms with Crippen LogP contribution in [0.1, 0.15) is 85.0 Å². The summed E-state index contributed by atoms with van der Waals surface area (Å²) < 4.78 is 18.3. The molecule has 1 aliphatic carbocycles. The van der Waals surface area contributed by atoms with Crippen molar-refractivity contribution in [2.75, 3.05) is 19.8 Å². The predicted molar refractivity (Wildman–Crippen MR) is 94.9 cm³/mol. The molecule has 0 atom stereocenters. The Kier molecular flexibility index (Phi) is 11.1. The number of hydrogen-bond donors (Lipinski definition) is 0. The summed E-state index contributed by atoms with van der Waals surface area (Å²) in [6.07, 6.45) is 15.3. The van der Waals surface area contributed by atoms with Gasteiger partial charge in [0.15, 0.2) is 0 Å². The maximum atomic E-state index is 6.10. The molecule has 3 nitrogen and oxygen atoms in total. The van der Waals surface area contributed by atoms with Gasteiger partial charge >= 0.3 is 8.80 Å². The minimum Gasteiger partial charge on any atom is -0.370 e. The van der Waals surface area contributed by atoms with E-state index in [1.807, 2.05) is 20.8 Å². The Bertz CT molecular complexity index is 288. The second-order valence-electron chi connectivity index (χ2n) is 5.95. The highest BCUT2D eigenvalue weighted by molar-refractivity contribution is 6.68. The first kappa shape index (κ1) is 19.9. The van der Waals surface area contributed by atoms with Gasteiger partial charge in [-0.25, -0.2) is 0 Å². The van der Waals surface area contributed by atoms with E-state index in [1.165, 1.54) is 56.6 Å². The third-order valence-corrected chi connectivity index (χ3v) is 7.43. The molecule has 0 amide bonds. The van der Waals surface area contributed by atoms with Gasteiger partial charge < -0.3 is 13.3 Å². The van der Waals surface area contributed by atoms with Gasteiger partial charge in [-0.3, -0.25) is 0 Å². The van der Waals surface area contributed by atoms with Crippen molar-refractivity contribution < 1.29 is 13.3 Å². The third kappa shape index (κ3) is 6.94. The fourth-order valence-electron chi connectivity index (χ4n) is 3.15. The maximum absolute atomic E-state index is 6.10. The molecular formula is C18H36O3Si. The average molecular weight is 329 g/mol. The molecule has 0 fully saturated rings. The van der Waals surface area contributed by atoms with Crippen LogP contribution in [-0.4, -0.2) is 28.6 Å². The smallest absolute Gasteiger partial charge is 0.370 e. The van der Waals surface area contributed by atoms with Gasteiger partial charge in [0.25, 0.3) is 0 Å². The minimum atomic E-state index is -2.66. The summed E-state index contributed by atoms with van der Waals surface area (Å²) in [5.74, 6) is 0. The summed E-state index contributed by atoms with van der Waals surface area (Å²) in [4.78, 5) is 0. The summed E-state index contributed by atoms with van der Waals surface area (Å²) in [6, 6.07) is 0. The summed E-state index contributed by atoms with van der Waals surface area (Å²) in [5.41, 5.74) is 0. The van der Waals surface area contributed by atoms with Crippen LogP contribution in [0.2, 0.25) is 0 Å². The molecule has 0 aromatic heterocycles. The third-order valence-electron chi connectivity index (χ3n) is 4.19. The van der Waals surface area contributed by atoms with Crippen molar-refractivity contribution in [2.24, 2.45) is 0 Å². The molecule has 22 heavy (non-hydrogen) atoms. The largest absolute Gasteiger partial charge is 0.532 e. The van der Waals surface area contributed by atoms with Crippen molar-refractivity contribution in [3.63, 3.8) is 0 Å². The van der Waals surface area contributed by atoms with Gasteiger partial charge in [0.05, 0.1) is 0 Å². The van der Waals surface area contributed by atoms with E-state index < -0.39 is 8.80 Å². The molecule has 4 heteroatoms. The molecule has 0 aromatic rings. The van der Waals surface area contributed by atoms with Crippen molar-refractivity contribution in [1.82, 2.24) is 0 Å². The van der Waals surface area contributed by atoms with Crippen LogP contribution in [0.15, 0.2) is 11.3 Å². The lowest BCUT2D eigenvalue weighted by Gasteiger charge is -2.31. The standard InChI is InChI=1S/C18H36O3Si/c1-4-19-22(20-5-2,21-6-3)18-16-14-12-10-8-7-9-11-13-15-17-18/h16H,4-15,17H2,1-3H3. The molecule has 0 aliphatic heterocycles. The van der Waals surface area contributed by atoms with Gasteiger partial charge in [-0.1, -0.05) is 44.6 Å². The molecule has 0 N–H and O–H groups in total. The van der Waals surface area contributed by atoms with Crippen LogP contribution in [0.4, 0.5) is 0 Å². The van der Waals surface area contributed by atoms with Gasteiger partial charge in [-0.15, -0.1) is 0 Å². The summed E-state index contributed by atoms with van der Waals surface area (Å²) in [6.45, 7) is 8.08. The van der Waals surface area contributed by atoms with Crippen LogP contribution >= 0.6 is 0 Å². The fraction of sp³-hybridized carbons (Fsp3) is 0.889. The Labute approximate surface area is 138 Å². The van der Waals surface area contributed by atoms with E-state index in [4.69, 9.17) is 13.3 Å². The van der Waals surface area contributed by atoms with Crippen LogP contribution < -0.4 is 0 Å². The van der Waals surface area contributed by atoms with Gasteiger partial charge in [0, 0.05) is 19.8 Å². The van der Waals surface area contributed by atoms with Crippen molar-refractivity contribution in [1.29, 1.82) is 0 Å². The zero-order valence-electron chi connectivity index (χ0n) is 15.0. The lowest BCUT2D eigenvalue weighted by atomic mass is 10.0. The highest BCUT2D eigenvalue weighted by Crippen LogP contribution is 2.27. The average Bonchev–Trinajstić information content (AvgIpc) is 2.48. The van der Waals surface area contributed by atoms with E-state index >= 15 is 0 Å². The first-order chi connectivity index (χ1) is 10.8. The normalized spacial score (nSPS) is 19.1. The molecule has 0 unspecified atom stereocenters. The van der Waals surface area contributed by atoms with Crippen LogP contribution in [-0.2, 0) is 13.3 Å². The van der Waals surface area contributed by atoms with E-state index in [-0.39, 0.29) is 0 Å². The second-order valence-corrected chi connectivity index (χ2v) is 8.57. The van der Waals surface area contributed by atoms with Gasteiger partial charge in [0.2, 0.25) is 0 Å². The van der Waals surface area contributed by atoms with Gasteiger partial charge in [-0.05, 0) is 51.7 Å². The van der Waals surface area contributed by atoms with E-state index in [9.17, 15) is 0 Å². The maximum Gasteiger partial charge on any atom is 0.532 e. The molecule has 1 aliphatic rings. The van der Waals surface area contributed by atoms with Gasteiger partial charge in [-0.2, -0.15) is 0 Å². The Morgan fingerprint density at radius 2 is 1.18 bits per heavy atom. The summed E-state index contributed by atoms with van der Waals surface area (Å²) >= 11 is 0. The van der Waals surface area contributed by atoms with E-state index in [1.54, 1.807) is 0 Å². The van der Waals surface area contributed by atoms with Crippen LogP contribution in [0, 0.1) is 0 Å². The number of allylic oxidation sites excluding steroid dienone is 2. The molecule has 0 saturated heterocycles. The zero-order chi connectivity index (χ0) is 16.1. The summed E-state index contributed by atoms with van der Waals surface area (Å²) in [7, 11) is -2.66. The molecule has 0 bridgehead atoms.